The van der Waals surface area contributed by atoms with E-state index in [0.717, 1.165) is 30.6 Å². The summed E-state index contributed by atoms with van der Waals surface area (Å²) in [7, 11) is 0. The van der Waals surface area contributed by atoms with Crippen molar-refractivity contribution in [3.63, 3.8) is 0 Å². The smallest absolute Gasteiger partial charge is 0.0578 e. The van der Waals surface area contributed by atoms with E-state index >= 15 is 0 Å². The minimum absolute atomic E-state index is 0.0981. The zero-order valence-electron chi connectivity index (χ0n) is 14.6. The van der Waals surface area contributed by atoms with Crippen molar-refractivity contribution < 1.29 is 5.11 Å². The van der Waals surface area contributed by atoms with E-state index in [2.05, 4.69) is 32.9 Å². The lowest BCUT2D eigenvalue weighted by molar-refractivity contribution is 0.0442. The predicted octanol–water partition coefficient (Wildman–Crippen LogP) is 5.26. The van der Waals surface area contributed by atoms with E-state index in [9.17, 15) is 5.11 Å². The maximum absolute atomic E-state index is 10.1. The molecule has 3 saturated carbocycles. The highest BCUT2D eigenvalue weighted by Crippen LogP contribution is 2.65. The Morgan fingerprint density at radius 3 is 2.64 bits per heavy atom. The summed E-state index contributed by atoms with van der Waals surface area (Å²) < 4.78 is 0. The molecule has 0 heterocycles. The SMILES string of the molecule is CC[C@H]1CC[C@H]2C3=CC=C4CC(O)CC[C@]4(C)[C@H]3CC[C@]12C. The first kappa shape index (κ1) is 15.0. The summed E-state index contributed by atoms with van der Waals surface area (Å²) in [6.07, 6.45) is 14.9. The number of hydrogen-bond donors (Lipinski definition) is 1. The van der Waals surface area contributed by atoms with Crippen molar-refractivity contribution in [1.82, 2.24) is 0 Å². The second kappa shape index (κ2) is 4.97. The topological polar surface area (TPSA) is 20.2 Å². The monoisotopic (exact) mass is 300 g/mol. The molecule has 0 aromatic rings. The highest BCUT2D eigenvalue weighted by atomic mass is 16.3. The molecular weight excluding hydrogens is 268 g/mol. The van der Waals surface area contributed by atoms with Crippen LogP contribution in [0.2, 0.25) is 0 Å². The number of aliphatic hydroxyl groups is 1. The first-order valence-electron chi connectivity index (χ1n) is 9.58. The lowest BCUT2D eigenvalue weighted by atomic mass is 9.50. The Kier molecular flexibility index (Phi) is 3.39. The van der Waals surface area contributed by atoms with Crippen molar-refractivity contribution in [2.75, 3.05) is 0 Å². The summed E-state index contributed by atoms with van der Waals surface area (Å²) in [5.74, 6) is 2.53. The van der Waals surface area contributed by atoms with Crippen molar-refractivity contribution in [1.29, 1.82) is 0 Å². The van der Waals surface area contributed by atoms with Crippen LogP contribution >= 0.6 is 0 Å². The summed E-state index contributed by atoms with van der Waals surface area (Å²) in [6, 6.07) is 0. The quantitative estimate of drug-likeness (QED) is 0.700. The minimum atomic E-state index is -0.0981. The third kappa shape index (κ3) is 1.87. The molecule has 1 N–H and O–H groups in total. The summed E-state index contributed by atoms with van der Waals surface area (Å²) in [5.41, 5.74) is 4.23. The van der Waals surface area contributed by atoms with Gasteiger partial charge in [0.2, 0.25) is 0 Å². The molecule has 1 unspecified atom stereocenters. The number of aliphatic hydroxyl groups excluding tert-OH is 1. The van der Waals surface area contributed by atoms with Crippen LogP contribution in [-0.2, 0) is 0 Å². The molecule has 0 aromatic heterocycles. The average Bonchev–Trinajstić information content (AvgIpc) is 2.84. The van der Waals surface area contributed by atoms with Crippen molar-refractivity contribution in [2.24, 2.45) is 28.6 Å². The van der Waals surface area contributed by atoms with E-state index in [4.69, 9.17) is 0 Å². The van der Waals surface area contributed by atoms with Crippen molar-refractivity contribution >= 4 is 0 Å². The van der Waals surface area contributed by atoms with Crippen LogP contribution in [0.4, 0.5) is 0 Å². The molecule has 122 valence electrons. The largest absolute Gasteiger partial charge is 0.393 e. The van der Waals surface area contributed by atoms with Crippen LogP contribution < -0.4 is 0 Å². The molecule has 4 rings (SSSR count). The normalized spacial score (nSPS) is 50.5. The second-order valence-electron chi connectivity index (χ2n) is 9.00. The van der Waals surface area contributed by atoms with Gasteiger partial charge in [-0.15, -0.1) is 0 Å². The Balaban J connectivity index is 1.71. The van der Waals surface area contributed by atoms with Gasteiger partial charge in [-0.1, -0.05) is 50.5 Å². The third-order valence-corrected chi connectivity index (χ3v) is 8.23. The van der Waals surface area contributed by atoms with Crippen LogP contribution in [0.3, 0.4) is 0 Å². The Bertz CT molecular complexity index is 526. The molecule has 0 bridgehead atoms. The highest BCUT2D eigenvalue weighted by Gasteiger charge is 2.55. The van der Waals surface area contributed by atoms with Gasteiger partial charge in [0.05, 0.1) is 6.10 Å². The summed E-state index contributed by atoms with van der Waals surface area (Å²) >= 11 is 0. The molecule has 0 radical (unpaired) electrons. The molecule has 0 saturated heterocycles. The van der Waals surface area contributed by atoms with Gasteiger partial charge >= 0.3 is 0 Å². The maximum atomic E-state index is 10.1. The first-order chi connectivity index (χ1) is 10.5. The zero-order chi connectivity index (χ0) is 15.5. The Hall–Kier alpha value is -0.560. The Morgan fingerprint density at radius 2 is 1.86 bits per heavy atom. The molecule has 1 heteroatoms. The van der Waals surface area contributed by atoms with Crippen molar-refractivity contribution in [3.8, 4) is 0 Å². The lowest BCUT2D eigenvalue weighted by Gasteiger charge is -2.54. The standard InChI is InChI=1S/C21H32O/c1-4-14-6-8-18-17-7-5-15-13-16(22)9-11-21(15,3)19(17)10-12-20(14,18)2/h5,7,14,16,18-19,22H,4,6,8-13H2,1-3H3/t14-,16?,18-,19-,20+,21-/m0/s1. The number of allylic oxidation sites excluding steroid dienone is 3. The van der Waals surface area contributed by atoms with Crippen LogP contribution in [0.5, 0.6) is 0 Å². The van der Waals surface area contributed by atoms with Gasteiger partial charge in [-0.05, 0) is 73.5 Å². The molecular formula is C21H32O. The summed E-state index contributed by atoms with van der Waals surface area (Å²) in [6.45, 7) is 7.47. The van der Waals surface area contributed by atoms with Gasteiger partial charge in [0.25, 0.3) is 0 Å². The average molecular weight is 300 g/mol. The molecule has 0 aliphatic heterocycles. The highest BCUT2D eigenvalue weighted by molar-refractivity contribution is 5.38. The van der Waals surface area contributed by atoms with E-state index in [0.29, 0.717) is 10.8 Å². The maximum Gasteiger partial charge on any atom is 0.0578 e. The first-order valence-corrected chi connectivity index (χ1v) is 9.58. The number of hydrogen-bond acceptors (Lipinski definition) is 1. The van der Waals surface area contributed by atoms with Crippen molar-refractivity contribution in [3.05, 3.63) is 23.3 Å². The number of rotatable bonds is 1. The Labute approximate surface area is 135 Å². The second-order valence-corrected chi connectivity index (χ2v) is 9.00. The summed E-state index contributed by atoms with van der Waals surface area (Å²) in [5, 5.41) is 10.1. The zero-order valence-corrected chi connectivity index (χ0v) is 14.6. The van der Waals surface area contributed by atoms with Crippen LogP contribution in [0.25, 0.3) is 0 Å². The molecule has 0 spiro atoms. The van der Waals surface area contributed by atoms with Gasteiger partial charge in [0, 0.05) is 0 Å². The number of fused-ring (bicyclic) bond motifs is 5. The lowest BCUT2D eigenvalue weighted by Crippen LogP contribution is -2.45. The summed E-state index contributed by atoms with van der Waals surface area (Å²) in [4.78, 5) is 0. The molecule has 0 amide bonds. The van der Waals surface area contributed by atoms with E-state index in [-0.39, 0.29) is 6.10 Å². The van der Waals surface area contributed by atoms with Gasteiger partial charge in [-0.2, -0.15) is 0 Å². The van der Waals surface area contributed by atoms with Gasteiger partial charge in [-0.3, -0.25) is 0 Å². The van der Waals surface area contributed by atoms with Crippen LogP contribution in [0.1, 0.15) is 72.1 Å². The molecule has 6 atom stereocenters. The van der Waals surface area contributed by atoms with Crippen LogP contribution in [0, 0.1) is 28.6 Å². The van der Waals surface area contributed by atoms with Crippen LogP contribution in [0.15, 0.2) is 23.3 Å². The minimum Gasteiger partial charge on any atom is -0.393 e. The molecule has 22 heavy (non-hydrogen) atoms. The van der Waals surface area contributed by atoms with E-state index < -0.39 is 0 Å². The molecule has 3 fully saturated rings. The van der Waals surface area contributed by atoms with Gasteiger partial charge in [0.15, 0.2) is 0 Å². The van der Waals surface area contributed by atoms with Gasteiger partial charge in [0.1, 0.15) is 0 Å². The van der Waals surface area contributed by atoms with Crippen LogP contribution in [-0.4, -0.2) is 11.2 Å². The fourth-order valence-electron chi connectivity index (χ4n) is 6.76. The predicted molar refractivity (Wildman–Crippen MR) is 91.5 cm³/mol. The van der Waals surface area contributed by atoms with Crippen molar-refractivity contribution in [2.45, 2.75) is 78.2 Å². The van der Waals surface area contributed by atoms with Gasteiger partial charge in [-0.25, -0.2) is 0 Å². The molecule has 4 aliphatic rings. The van der Waals surface area contributed by atoms with E-state index in [1.807, 2.05) is 0 Å². The van der Waals surface area contributed by atoms with E-state index in [1.54, 1.807) is 5.57 Å². The fourth-order valence-corrected chi connectivity index (χ4v) is 6.76. The van der Waals surface area contributed by atoms with E-state index in [1.165, 1.54) is 44.1 Å². The Morgan fingerprint density at radius 1 is 1.05 bits per heavy atom. The molecule has 0 aromatic carbocycles. The van der Waals surface area contributed by atoms with Gasteiger partial charge < -0.3 is 5.11 Å². The fraction of sp³-hybridized carbons (Fsp3) is 0.810. The molecule has 1 nitrogen and oxygen atoms in total. The molecule has 4 aliphatic carbocycles. The third-order valence-electron chi connectivity index (χ3n) is 8.23.